The average Bonchev–Trinajstić information content (AvgIpc) is 2.90. The van der Waals surface area contributed by atoms with Crippen LogP contribution in [0.25, 0.3) is 0 Å². The number of hydrogen-bond donors (Lipinski definition) is 1. The number of nitrogens with zero attached hydrogens (tertiary/aromatic N) is 2. The SMILES string of the molecule is CCCC(O)c1ccn(Cc2ccc(C#N)cc2C)c1. The highest BCUT2D eigenvalue weighted by atomic mass is 16.3. The summed E-state index contributed by atoms with van der Waals surface area (Å²) in [6, 6.07) is 9.87. The fraction of sp³-hybridized carbons (Fsp3) is 0.353. The van der Waals surface area contributed by atoms with E-state index in [1.54, 1.807) is 0 Å². The minimum atomic E-state index is -0.372. The third-order valence-electron chi connectivity index (χ3n) is 3.54. The van der Waals surface area contributed by atoms with Gasteiger partial charge in [-0.15, -0.1) is 0 Å². The molecule has 3 heteroatoms. The van der Waals surface area contributed by atoms with Crippen molar-refractivity contribution < 1.29 is 5.11 Å². The van der Waals surface area contributed by atoms with Crippen LogP contribution in [0.4, 0.5) is 0 Å². The van der Waals surface area contributed by atoms with Crippen molar-refractivity contribution in [3.05, 3.63) is 58.9 Å². The molecule has 1 N–H and O–H groups in total. The molecule has 104 valence electrons. The Morgan fingerprint density at radius 2 is 2.15 bits per heavy atom. The lowest BCUT2D eigenvalue weighted by atomic mass is 10.1. The average molecular weight is 268 g/mol. The number of aromatic nitrogens is 1. The van der Waals surface area contributed by atoms with E-state index in [2.05, 4.69) is 17.6 Å². The standard InChI is InChI=1S/C17H20N2O/c1-3-4-17(20)16-7-8-19(12-16)11-15-6-5-14(10-18)9-13(15)2/h5-9,12,17,20H,3-4,11H2,1-2H3. The van der Waals surface area contributed by atoms with Crippen molar-refractivity contribution in [2.75, 3.05) is 0 Å². The third-order valence-corrected chi connectivity index (χ3v) is 3.54. The molecule has 1 aromatic heterocycles. The molecule has 1 atom stereocenters. The summed E-state index contributed by atoms with van der Waals surface area (Å²) in [5.74, 6) is 0. The van der Waals surface area contributed by atoms with Crippen LogP contribution in [0.5, 0.6) is 0 Å². The highest BCUT2D eigenvalue weighted by molar-refractivity contribution is 5.37. The van der Waals surface area contributed by atoms with Gasteiger partial charge in [0.2, 0.25) is 0 Å². The Morgan fingerprint density at radius 1 is 1.35 bits per heavy atom. The normalized spacial score (nSPS) is 12.1. The molecule has 1 unspecified atom stereocenters. The number of hydrogen-bond acceptors (Lipinski definition) is 2. The Bertz CT molecular complexity index is 622. The molecule has 1 heterocycles. The van der Waals surface area contributed by atoms with Gasteiger partial charge in [0.1, 0.15) is 0 Å². The number of benzene rings is 1. The zero-order valence-electron chi connectivity index (χ0n) is 12.0. The molecule has 2 aromatic rings. The fourth-order valence-electron chi connectivity index (χ4n) is 2.33. The van der Waals surface area contributed by atoms with Gasteiger partial charge in [-0.2, -0.15) is 5.26 Å². The van der Waals surface area contributed by atoms with Gasteiger partial charge >= 0.3 is 0 Å². The smallest absolute Gasteiger partial charge is 0.0991 e. The van der Waals surface area contributed by atoms with Gasteiger partial charge in [0.15, 0.2) is 0 Å². The lowest BCUT2D eigenvalue weighted by molar-refractivity contribution is 0.166. The second-order valence-corrected chi connectivity index (χ2v) is 5.17. The molecular weight excluding hydrogens is 248 g/mol. The molecule has 0 aliphatic carbocycles. The monoisotopic (exact) mass is 268 g/mol. The summed E-state index contributed by atoms with van der Waals surface area (Å²) in [6.07, 6.45) is 5.38. The number of aliphatic hydroxyl groups excluding tert-OH is 1. The van der Waals surface area contributed by atoms with Crippen LogP contribution in [0.1, 0.15) is 48.1 Å². The molecular formula is C17H20N2O. The Morgan fingerprint density at radius 3 is 2.80 bits per heavy atom. The maximum absolute atomic E-state index is 9.97. The molecule has 0 radical (unpaired) electrons. The Kier molecular flexibility index (Phi) is 4.60. The van der Waals surface area contributed by atoms with Gasteiger partial charge in [-0.25, -0.2) is 0 Å². The quantitative estimate of drug-likeness (QED) is 0.901. The second-order valence-electron chi connectivity index (χ2n) is 5.17. The molecule has 0 aliphatic rings. The Labute approximate surface area is 120 Å². The molecule has 0 saturated heterocycles. The maximum Gasteiger partial charge on any atom is 0.0991 e. The van der Waals surface area contributed by atoms with Crippen molar-refractivity contribution in [1.29, 1.82) is 5.26 Å². The van der Waals surface area contributed by atoms with Crippen LogP contribution in [-0.2, 0) is 6.54 Å². The Hall–Kier alpha value is -2.05. The predicted octanol–water partition coefficient (Wildman–Crippen LogP) is 3.55. The van der Waals surface area contributed by atoms with Gasteiger partial charge in [-0.3, -0.25) is 0 Å². The van der Waals surface area contributed by atoms with Crippen LogP contribution in [0.2, 0.25) is 0 Å². The third kappa shape index (κ3) is 3.28. The summed E-state index contributed by atoms with van der Waals surface area (Å²) in [6.45, 7) is 4.85. The molecule has 0 saturated carbocycles. The lowest BCUT2D eigenvalue weighted by Crippen LogP contribution is -2.00. The van der Waals surface area contributed by atoms with Crippen LogP contribution < -0.4 is 0 Å². The highest BCUT2D eigenvalue weighted by Gasteiger charge is 2.08. The zero-order chi connectivity index (χ0) is 14.5. The summed E-state index contributed by atoms with van der Waals surface area (Å²) < 4.78 is 2.07. The van der Waals surface area contributed by atoms with E-state index < -0.39 is 0 Å². The lowest BCUT2D eigenvalue weighted by Gasteiger charge is -2.08. The van der Waals surface area contributed by atoms with Crippen molar-refractivity contribution in [1.82, 2.24) is 4.57 Å². The van der Waals surface area contributed by atoms with Gasteiger partial charge < -0.3 is 9.67 Å². The number of nitriles is 1. The minimum Gasteiger partial charge on any atom is -0.388 e. The molecule has 0 amide bonds. The van der Waals surface area contributed by atoms with Crippen molar-refractivity contribution in [3.63, 3.8) is 0 Å². The van der Waals surface area contributed by atoms with Crippen molar-refractivity contribution in [2.24, 2.45) is 0 Å². The van der Waals surface area contributed by atoms with Gasteiger partial charge in [-0.05, 0) is 48.2 Å². The summed E-state index contributed by atoms with van der Waals surface area (Å²) in [7, 11) is 0. The van der Waals surface area contributed by atoms with Gasteiger partial charge in [0.05, 0.1) is 17.7 Å². The first kappa shape index (κ1) is 14.4. The van der Waals surface area contributed by atoms with Gasteiger partial charge in [-0.1, -0.05) is 19.4 Å². The van der Waals surface area contributed by atoms with E-state index in [-0.39, 0.29) is 6.10 Å². The van der Waals surface area contributed by atoms with E-state index in [1.165, 1.54) is 5.56 Å². The first-order valence-corrected chi connectivity index (χ1v) is 6.97. The largest absolute Gasteiger partial charge is 0.388 e. The summed E-state index contributed by atoms with van der Waals surface area (Å²) in [4.78, 5) is 0. The number of aliphatic hydroxyl groups is 1. The molecule has 0 fully saturated rings. The summed E-state index contributed by atoms with van der Waals surface area (Å²) in [5.41, 5.74) is 3.97. The van der Waals surface area contributed by atoms with Crippen LogP contribution in [0, 0.1) is 18.3 Å². The Balaban J connectivity index is 2.13. The van der Waals surface area contributed by atoms with Crippen molar-refractivity contribution in [3.8, 4) is 6.07 Å². The minimum absolute atomic E-state index is 0.372. The van der Waals surface area contributed by atoms with Crippen LogP contribution in [-0.4, -0.2) is 9.67 Å². The molecule has 2 rings (SSSR count). The van der Waals surface area contributed by atoms with Crippen molar-refractivity contribution in [2.45, 2.75) is 39.3 Å². The number of rotatable bonds is 5. The van der Waals surface area contributed by atoms with Crippen molar-refractivity contribution >= 4 is 0 Å². The van der Waals surface area contributed by atoms with E-state index in [4.69, 9.17) is 5.26 Å². The molecule has 0 aliphatic heterocycles. The fourth-order valence-corrected chi connectivity index (χ4v) is 2.33. The first-order valence-electron chi connectivity index (χ1n) is 6.97. The molecule has 1 aromatic carbocycles. The topological polar surface area (TPSA) is 49.0 Å². The van der Waals surface area contributed by atoms with E-state index in [1.807, 2.05) is 43.6 Å². The molecule has 20 heavy (non-hydrogen) atoms. The van der Waals surface area contributed by atoms with Crippen LogP contribution in [0.15, 0.2) is 36.7 Å². The van der Waals surface area contributed by atoms with Crippen LogP contribution >= 0.6 is 0 Å². The maximum atomic E-state index is 9.97. The molecule has 3 nitrogen and oxygen atoms in total. The van der Waals surface area contributed by atoms with E-state index in [0.29, 0.717) is 5.56 Å². The highest BCUT2D eigenvalue weighted by Crippen LogP contribution is 2.19. The van der Waals surface area contributed by atoms with E-state index >= 15 is 0 Å². The summed E-state index contributed by atoms with van der Waals surface area (Å²) >= 11 is 0. The van der Waals surface area contributed by atoms with E-state index in [0.717, 1.165) is 30.5 Å². The molecule has 0 bridgehead atoms. The predicted molar refractivity (Wildman–Crippen MR) is 79.3 cm³/mol. The molecule has 0 spiro atoms. The first-order chi connectivity index (χ1) is 9.63. The van der Waals surface area contributed by atoms with Gasteiger partial charge in [0.25, 0.3) is 0 Å². The van der Waals surface area contributed by atoms with E-state index in [9.17, 15) is 5.11 Å². The summed E-state index contributed by atoms with van der Waals surface area (Å²) in [5, 5.41) is 18.8. The second kappa shape index (κ2) is 6.40. The van der Waals surface area contributed by atoms with Gasteiger partial charge in [0, 0.05) is 18.9 Å². The number of aryl methyl sites for hydroxylation is 1. The zero-order valence-corrected chi connectivity index (χ0v) is 12.0. The van der Waals surface area contributed by atoms with Crippen LogP contribution in [0.3, 0.4) is 0 Å².